The van der Waals surface area contributed by atoms with Crippen molar-refractivity contribution in [2.45, 2.75) is 39.3 Å². The summed E-state index contributed by atoms with van der Waals surface area (Å²) in [5.74, 6) is 0. The van der Waals surface area contributed by atoms with Gasteiger partial charge in [-0.15, -0.1) is 6.58 Å². The zero-order chi connectivity index (χ0) is 16.8. The highest BCUT2D eigenvalue weighted by Crippen LogP contribution is 2.18. The molecule has 124 valence electrons. The molecule has 1 aromatic rings. The van der Waals surface area contributed by atoms with Crippen LogP contribution in [0.3, 0.4) is 0 Å². The second-order valence-corrected chi connectivity index (χ2v) is 6.13. The Labute approximate surface area is 138 Å². The maximum Gasteiger partial charge on any atom is 0.318 e. The first kappa shape index (κ1) is 17.1. The molecule has 0 unspecified atom stereocenters. The lowest BCUT2D eigenvalue weighted by Crippen LogP contribution is -2.46. The van der Waals surface area contributed by atoms with Crippen LogP contribution in [0.25, 0.3) is 0 Å². The molecule has 0 spiro atoms. The third-order valence-corrected chi connectivity index (χ3v) is 3.59. The molecule has 0 saturated heterocycles. The zero-order valence-electron chi connectivity index (χ0n) is 14.1. The fourth-order valence-electron chi connectivity index (χ4n) is 2.42. The lowest BCUT2D eigenvalue weighted by Gasteiger charge is -2.24. The van der Waals surface area contributed by atoms with E-state index in [-0.39, 0.29) is 18.2 Å². The zero-order valence-corrected chi connectivity index (χ0v) is 14.1. The fourth-order valence-corrected chi connectivity index (χ4v) is 2.42. The van der Waals surface area contributed by atoms with Crippen molar-refractivity contribution in [2.24, 2.45) is 5.16 Å². The van der Waals surface area contributed by atoms with Gasteiger partial charge in [0.15, 0.2) is 6.10 Å². The number of nitrogens with zero attached hydrogens (tertiary/aromatic N) is 2. The van der Waals surface area contributed by atoms with Gasteiger partial charge in [0, 0.05) is 19.0 Å². The van der Waals surface area contributed by atoms with E-state index in [9.17, 15) is 4.79 Å². The number of hydrogen-bond donors (Lipinski definition) is 1. The Morgan fingerprint density at radius 3 is 2.78 bits per heavy atom. The monoisotopic (exact) mass is 315 g/mol. The van der Waals surface area contributed by atoms with Crippen molar-refractivity contribution in [1.82, 2.24) is 10.2 Å². The number of amides is 2. The van der Waals surface area contributed by atoms with Gasteiger partial charge < -0.3 is 15.1 Å². The third-order valence-electron chi connectivity index (χ3n) is 3.59. The quantitative estimate of drug-likeness (QED) is 0.820. The van der Waals surface area contributed by atoms with E-state index in [2.05, 4.69) is 36.1 Å². The van der Waals surface area contributed by atoms with E-state index in [0.717, 1.165) is 11.3 Å². The van der Waals surface area contributed by atoms with Crippen LogP contribution in [0.4, 0.5) is 4.79 Å². The number of nitrogens with one attached hydrogen (secondary N) is 1. The number of benzene rings is 1. The number of urea groups is 1. The molecule has 1 heterocycles. The molecule has 0 aromatic heterocycles. The van der Waals surface area contributed by atoms with Crippen molar-refractivity contribution >= 4 is 11.7 Å². The van der Waals surface area contributed by atoms with Gasteiger partial charge in [-0.3, -0.25) is 0 Å². The summed E-state index contributed by atoms with van der Waals surface area (Å²) < 4.78 is 0. The Bertz CT molecular complexity index is 578. The normalized spacial score (nSPS) is 16.7. The van der Waals surface area contributed by atoms with Crippen LogP contribution < -0.4 is 5.32 Å². The van der Waals surface area contributed by atoms with Crippen LogP contribution in [-0.2, 0) is 4.84 Å². The molecule has 0 bridgehead atoms. The summed E-state index contributed by atoms with van der Waals surface area (Å²) in [5.41, 5.74) is 3.21. The molecular weight excluding hydrogens is 290 g/mol. The van der Waals surface area contributed by atoms with Crippen LogP contribution in [0.15, 0.2) is 42.1 Å². The standard InChI is InChI=1S/C18H25N3O2/c1-5-10-21(18(22)19-13(2)3)12-16-11-17(20-23-16)15-8-6-14(4)7-9-15/h5-9,13,16H,1,10-12H2,2-4H3,(H,19,22)/t16-/m1/s1. The largest absolute Gasteiger partial charge is 0.390 e. The predicted molar refractivity (Wildman–Crippen MR) is 92.6 cm³/mol. The van der Waals surface area contributed by atoms with E-state index in [4.69, 9.17) is 4.84 Å². The molecule has 1 atom stereocenters. The van der Waals surface area contributed by atoms with Crippen LogP contribution in [-0.4, -0.2) is 41.9 Å². The molecule has 5 heteroatoms. The summed E-state index contributed by atoms with van der Waals surface area (Å²) >= 11 is 0. The molecule has 1 N–H and O–H groups in total. The number of rotatable bonds is 6. The van der Waals surface area contributed by atoms with Gasteiger partial charge in [-0.2, -0.15) is 0 Å². The van der Waals surface area contributed by atoms with Gasteiger partial charge in [0.05, 0.1) is 12.3 Å². The summed E-state index contributed by atoms with van der Waals surface area (Å²) in [6.45, 7) is 10.6. The highest BCUT2D eigenvalue weighted by Gasteiger charge is 2.26. The van der Waals surface area contributed by atoms with E-state index < -0.39 is 0 Å². The van der Waals surface area contributed by atoms with E-state index in [1.807, 2.05) is 26.0 Å². The number of carbonyl (C=O) groups is 1. The first-order valence-electron chi connectivity index (χ1n) is 7.95. The highest BCUT2D eigenvalue weighted by atomic mass is 16.6. The van der Waals surface area contributed by atoms with Gasteiger partial charge in [-0.1, -0.05) is 41.1 Å². The van der Waals surface area contributed by atoms with Gasteiger partial charge in [0.2, 0.25) is 0 Å². The second kappa shape index (κ2) is 7.81. The van der Waals surface area contributed by atoms with Crippen LogP contribution in [0.2, 0.25) is 0 Å². The SMILES string of the molecule is C=CCN(C[C@H]1CC(c2ccc(C)cc2)=NO1)C(=O)NC(C)C. The molecule has 0 fully saturated rings. The molecule has 1 aliphatic heterocycles. The van der Waals surface area contributed by atoms with Gasteiger partial charge in [0.1, 0.15) is 0 Å². The number of hydrogen-bond acceptors (Lipinski definition) is 3. The molecule has 2 rings (SSSR count). The maximum atomic E-state index is 12.2. The first-order valence-corrected chi connectivity index (χ1v) is 7.95. The summed E-state index contributed by atoms with van der Waals surface area (Å²) in [7, 11) is 0. The topological polar surface area (TPSA) is 53.9 Å². The fraction of sp³-hybridized carbons (Fsp3) is 0.444. The van der Waals surface area contributed by atoms with Gasteiger partial charge in [-0.05, 0) is 26.3 Å². The van der Waals surface area contributed by atoms with E-state index in [1.54, 1.807) is 11.0 Å². The van der Waals surface area contributed by atoms with Crippen LogP contribution in [0.1, 0.15) is 31.4 Å². The minimum absolute atomic E-state index is 0.0960. The van der Waals surface area contributed by atoms with Crippen LogP contribution >= 0.6 is 0 Å². The first-order chi connectivity index (χ1) is 11.0. The molecule has 1 aromatic carbocycles. The molecule has 23 heavy (non-hydrogen) atoms. The van der Waals surface area contributed by atoms with E-state index >= 15 is 0 Å². The van der Waals surface area contributed by atoms with Gasteiger partial charge >= 0.3 is 6.03 Å². The molecule has 0 aliphatic carbocycles. The lowest BCUT2D eigenvalue weighted by molar-refractivity contribution is 0.0626. The van der Waals surface area contributed by atoms with Crippen LogP contribution in [0.5, 0.6) is 0 Å². The molecule has 5 nitrogen and oxygen atoms in total. The average molecular weight is 315 g/mol. The number of carbonyl (C=O) groups excluding carboxylic acids is 1. The molecule has 0 radical (unpaired) electrons. The Kier molecular flexibility index (Phi) is 5.79. The lowest BCUT2D eigenvalue weighted by atomic mass is 10.0. The average Bonchev–Trinajstić information content (AvgIpc) is 2.95. The summed E-state index contributed by atoms with van der Waals surface area (Å²) in [6, 6.07) is 8.21. The summed E-state index contributed by atoms with van der Waals surface area (Å²) in [6.07, 6.45) is 2.30. The Balaban J connectivity index is 1.94. The molecule has 2 amide bonds. The molecule has 0 saturated carbocycles. The van der Waals surface area contributed by atoms with Gasteiger partial charge in [0.25, 0.3) is 0 Å². The molecule has 1 aliphatic rings. The van der Waals surface area contributed by atoms with Crippen molar-refractivity contribution in [3.8, 4) is 0 Å². The highest BCUT2D eigenvalue weighted by molar-refractivity contribution is 6.01. The molecular formula is C18H25N3O2. The van der Waals surface area contributed by atoms with E-state index in [0.29, 0.717) is 19.5 Å². The number of aryl methyl sites for hydroxylation is 1. The van der Waals surface area contributed by atoms with Crippen molar-refractivity contribution in [1.29, 1.82) is 0 Å². The van der Waals surface area contributed by atoms with E-state index in [1.165, 1.54) is 5.56 Å². The second-order valence-electron chi connectivity index (χ2n) is 6.13. The van der Waals surface area contributed by atoms with Crippen molar-refractivity contribution < 1.29 is 9.63 Å². The minimum Gasteiger partial charge on any atom is -0.390 e. The summed E-state index contributed by atoms with van der Waals surface area (Å²) in [5, 5.41) is 7.08. The smallest absolute Gasteiger partial charge is 0.318 e. The van der Waals surface area contributed by atoms with Crippen molar-refractivity contribution in [3.05, 3.63) is 48.0 Å². The Morgan fingerprint density at radius 1 is 1.48 bits per heavy atom. The van der Waals surface area contributed by atoms with Crippen molar-refractivity contribution in [2.75, 3.05) is 13.1 Å². The van der Waals surface area contributed by atoms with Crippen LogP contribution in [0, 0.1) is 6.92 Å². The summed E-state index contributed by atoms with van der Waals surface area (Å²) in [4.78, 5) is 19.4. The third kappa shape index (κ3) is 4.84. The minimum atomic E-state index is -0.121. The number of oxime groups is 1. The predicted octanol–water partition coefficient (Wildman–Crippen LogP) is 3.09. The Hall–Kier alpha value is -2.30. The Morgan fingerprint density at radius 2 is 2.17 bits per heavy atom. The maximum absolute atomic E-state index is 12.2. The van der Waals surface area contributed by atoms with Crippen molar-refractivity contribution in [3.63, 3.8) is 0 Å². The van der Waals surface area contributed by atoms with Gasteiger partial charge in [-0.25, -0.2) is 4.79 Å².